The Morgan fingerprint density at radius 1 is 1.29 bits per heavy atom. The van der Waals surface area contributed by atoms with E-state index in [2.05, 4.69) is 16.5 Å². The highest BCUT2D eigenvalue weighted by Gasteiger charge is 2.46. The Kier molecular flexibility index (Phi) is 6.80. The Balaban J connectivity index is 1.87. The van der Waals surface area contributed by atoms with Crippen molar-refractivity contribution in [1.82, 2.24) is 9.97 Å². The van der Waals surface area contributed by atoms with Crippen molar-refractivity contribution in [2.75, 3.05) is 18.1 Å². The molecule has 2 aromatic heterocycles. The minimum Gasteiger partial charge on any atom is -0.503 e. The average Bonchev–Trinajstić information content (AvgIpc) is 3.52. The number of ketones is 1. The number of Topliss-reactive ketones (excluding diaryl/α,β-unsaturated/α-hetero) is 1. The van der Waals surface area contributed by atoms with Crippen molar-refractivity contribution in [1.29, 1.82) is 0 Å². The van der Waals surface area contributed by atoms with Crippen molar-refractivity contribution in [3.8, 4) is 11.5 Å². The molecule has 1 unspecified atom stereocenters. The van der Waals surface area contributed by atoms with Gasteiger partial charge in [-0.15, -0.1) is 22.7 Å². The fraction of sp³-hybridized carbons (Fsp3) is 0.250. The van der Waals surface area contributed by atoms with Gasteiger partial charge in [0.15, 0.2) is 22.4 Å². The number of carbonyl (C=O) groups excluding carboxylic acids is 2. The normalized spacial score (nSPS) is 15.7. The predicted octanol–water partition coefficient (Wildman–Crippen LogP) is 4.96. The largest absolute Gasteiger partial charge is 0.503 e. The fourth-order valence-corrected chi connectivity index (χ4v) is 5.32. The first-order chi connectivity index (χ1) is 16.4. The van der Waals surface area contributed by atoms with E-state index in [1.54, 1.807) is 49.7 Å². The Hall–Kier alpha value is -3.50. The first-order valence-corrected chi connectivity index (χ1v) is 12.2. The summed E-state index contributed by atoms with van der Waals surface area (Å²) in [5.41, 5.74) is 1.10. The lowest BCUT2D eigenvalue weighted by Crippen LogP contribution is -2.31. The summed E-state index contributed by atoms with van der Waals surface area (Å²) in [5.74, 6) is -0.766. The molecule has 1 aromatic carbocycles. The zero-order chi connectivity index (χ0) is 24.4. The molecule has 1 N–H and O–H groups in total. The molecule has 0 aliphatic carbocycles. The van der Waals surface area contributed by atoms with Crippen LogP contribution in [-0.2, 0) is 4.79 Å². The molecule has 3 heterocycles. The van der Waals surface area contributed by atoms with Gasteiger partial charge in [-0.05, 0) is 38.5 Å². The molecule has 34 heavy (non-hydrogen) atoms. The summed E-state index contributed by atoms with van der Waals surface area (Å²) in [4.78, 5) is 37.2. The van der Waals surface area contributed by atoms with Gasteiger partial charge in [0, 0.05) is 11.6 Å². The molecule has 3 aromatic rings. The molecule has 0 saturated carbocycles. The lowest BCUT2D eigenvalue weighted by molar-refractivity contribution is -0.117. The molecule has 10 heteroatoms. The number of hydrogen-bond donors (Lipinski definition) is 1. The number of rotatable bonds is 9. The molecule has 0 fully saturated rings. The van der Waals surface area contributed by atoms with E-state index in [-0.39, 0.29) is 5.57 Å². The van der Waals surface area contributed by atoms with Crippen molar-refractivity contribution < 1.29 is 24.2 Å². The number of benzene rings is 1. The standard InChI is InChI=1S/C24H23N3O5S2/c1-5-10-32-16-8-7-15(12-17(16)31-6-2)19-18(20(28)22-13(3)26-14(4)34-22)21(29)23(30)27(19)24-25-9-11-33-24/h5,7-9,11-12,19,29H,1,6,10H2,2-4H3. The van der Waals surface area contributed by atoms with Crippen LogP contribution in [0.25, 0.3) is 0 Å². The topological polar surface area (TPSA) is 102 Å². The highest BCUT2D eigenvalue weighted by molar-refractivity contribution is 7.14. The number of aliphatic hydroxyl groups is 1. The second kappa shape index (κ2) is 9.78. The Morgan fingerprint density at radius 3 is 2.71 bits per heavy atom. The molecular formula is C24H23N3O5S2. The fourth-order valence-electron chi connectivity index (χ4n) is 3.78. The molecule has 176 valence electrons. The summed E-state index contributed by atoms with van der Waals surface area (Å²) in [7, 11) is 0. The number of hydrogen-bond acceptors (Lipinski definition) is 9. The van der Waals surface area contributed by atoms with Gasteiger partial charge < -0.3 is 14.6 Å². The molecule has 8 nitrogen and oxygen atoms in total. The first kappa shape index (κ1) is 23.7. The van der Waals surface area contributed by atoms with Crippen LogP contribution in [0.3, 0.4) is 0 Å². The Labute approximate surface area is 204 Å². The number of carbonyl (C=O) groups is 2. The maximum absolute atomic E-state index is 13.6. The summed E-state index contributed by atoms with van der Waals surface area (Å²) in [6, 6.07) is 4.28. The van der Waals surface area contributed by atoms with Crippen LogP contribution < -0.4 is 14.4 Å². The number of anilines is 1. The van der Waals surface area contributed by atoms with Gasteiger partial charge in [-0.2, -0.15) is 0 Å². The van der Waals surface area contributed by atoms with Crippen LogP contribution in [0.1, 0.15) is 38.9 Å². The summed E-state index contributed by atoms with van der Waals surface area (Å²) in [5, 5.41) is 13.7. The Bertz CT molecular complexity index is 1280. The van der Waals surface area contributed by atoms with Gasteiger partial charge in [0.05, 0.1) is 33.8 Å². The molecule has 4 rings (SSSR count). The molecule has 1 aliphatic rings. The first-order valence-electron chi connectivity index (χ1n) is 10.5. The van der Waals surface area contributed by atoms with E-state index < -0.39 is 23.5 Å². The van der Waals surface area contributed by atoms with Gasteiger partial charge >= 0.3 is 0 Å². The molecule has 0 bridgehead atoms. The Morgan fingerprint density at radius 2 is 2.09 bits per heavy atom. The van der Waals surface area contributed by atoms with Crippen LogP contribution in [0.5, 0.6) is 11.5 Å². The third-order valence-corrected chi connectivity index (χ3v) is 6.97. The van der Waals surface area contributed by atoms with Crippen molar-refractivity contribution in [2.24, 2.45) is 0 Å². The average molecular weight is 498 g/mol. The van der Waals surface area contributed by atoms with Crippen molar-refractivity contribution in [2.45, 2.75) is 26.8 Å². The van der Waals surface area contributed by atoms with Gasteiger partial charge in [0.25, 0.3) is 5.91 Å². The number of thiazole rings is 2. The lowest BCUT2D eigenvalue weighted by Gasteiger charge is -2.25. The van der Waals surface area contributed by atoms with E-state index >= 15 is 0 Å². The van der Waals surface area contributed by atoms with Crippen LogP contribution in [0.15, 0.2) is 53.8 Å². The third kappa shape index (κ3) is 4.22. The maximum Gasteiger partial charge on any atom is 0.296 e. The molecule has 1 amide bonds. The summed E-state index contributed by atoms with van der Waals surface area (Å²) in [6.07, 6.45) is 3.19. The van der Waals surface area contributed by atoms with Crippen LogP contribution in [0.4, 0.5) is 5.13 Å². The monoisotopic (exact) mass is 497 g/mol. The number of aromatic nitrogens is 2. The molecule has 0 spiro atoms. The predicted molar refractivity (Wildman–Crippen MR) is 131 cm³/mol. The summed E-state index contributed by atoms with van der Waals surface area (Å²) >= 11 is 2.47. The quantitative estimate of drug-likeness (QED) is 0.329. The van der Waals surface area contributed by atoms with Crippen LogP contribution >= 0.6 is 22.7 Å². The van der Waals surface area contributed by atoms with Crippen LogP contribution in [0, 0.1) is 13.8 Å². The lowest BCUT2D eigenvalue weighted by atomic mass is 9.95. The molecule has 1 atom stereocenters. The number of aliphatic hydroxyl groups excluding tert-OH is 1. The van der Waals surface area contributed by atoms with Crippen LogP contribution in [-0.4, -0.2) is 40.0 Å². The molecular weight excluding hydrogens is 474 g/mol. The molecule has 0 radical (unpaired) electrons. The van der Waals surface area contributed by atoms with Gasteiger partial charge in [-0.25, -0.2) is 9.97 Å². The summed E-state index contributed by atoms with van der Waals surface area (Å²) in [6.45, 7) is 9.73. The van der Waals surface area contributed by atoms with E-state index in [1.165, 1.54) is 27.6 Å². The van der Waals surface area contributed by atoms with E-state index in [9.17, 15) is 14.7 Å². The number of amides is 1. The zero-order valence-corrected chi connectivity index (χ0v) is 20.5. The second-order valence-corrected chi connectivity index (χ2v) is 9.45. The van der Waals surface area contributed by atoms with E-state index in [0.717, 1.165) is 5.01 Å². The SMILES string of the molecule is C=CCOc1ccc(C2C(C(=O)c3sc(C)nc3C)=C(O)C(=O)N2c2nccs2)cc1OCC. The number of aryl methyl sites for hydroxylation is 2. The zero-order valence-electron chi connectivity index (χ0n) is 18.9. The van der Waals surface area contributed by atoms with E-state index in [4.69, 9.17) is 9.47 Å². The van der Waals surface area contributed by atoms with Crippen LogP contribution in [0.2, 0.25) is 0 Å². The maximum atomic E-state index is 13.6. The van der Waals surface area contributed by atoms with Crippen molar-refractivity contribution in [3.05, 3.63) is 74.9 Å². The summed E-state index contributed by atoms with van der Waals surface area (Å²) < 4.78 is 11.5. The highest BCUT2D eigenvalue weighted by atomic mass is 32.1. The third-order valence-electron chi connectivity index (χ3n) is 5.13. The smallest absolute Gasteiger partial charge is 0.296 e. The number of ether oxygens (including phenoxy) is 2. The minimum atomic E-state index is -0.902. The van der Waals surface area contributed by atoms with Gasteiger partial charge in [0.2, 0.25) is 5.78 Å². The minimum absolute atomic E-state index is 0.0193. The highest BCUT2D eigenvalue weighted by Crippen LogP contribution is 2.45. The molecule has 0 saturated heterocycles. The van der Waals surface area contributed by atoms with Gasteiger partial charge in [0.1, 0.15) is 6.61 Å². The van der Waals surface area contributed by atoms with E-state index in [0.29, 0.717) is 46.0 Å². The molecule has 1 aliphatic heterocycles. The van der Waals surface area contributed by atoms with Gasteiger partial charge in [-0.3, -0.25) is 14.5 Å². The number of nitrogens with zero attached hydrogens (tertiary/aromatic N) is 3. The van der Waals surface area contributed by atoms with E-state index in [1.807, 2.05) is 6.92 Å². The van der Waals surface area contributed by atoms with Crippen molar-refractivity contribution in [3.63, 3.8) is 0 Å². The second-order valence-electron chi connectivity index (χ2n) is 7.37. The van der Waals surface area contributed by atoms with Crippen molar-refractivity contribution >= 4 is 39.5 Å². The van der Waals surface area contributed by atoms with Gasteiger partial charge in [-0.1, -0.05) is 18.7 Å².